The monoisotopic (exact) mass is 338 g/mol. The molecule has 24 heavy (non-hydrogen) atoms. The zero-order valence-electron chi connectivity index (χ0n) is 13.8. The predicted molar refractivity (Wildman–Crippen MR) is 95.4 cm³/mol. The van der Waals surface area contributed by atoms with Crippen molar-refractivity contribution in [3.8, 4) is 0 Å². The summed E-state index contributed by atoms with van der Waals surface area (Å²) in [6, 6.07) is 13.5. The van der Waals surface area contributed by atoms with Crippen LogP contribution in [0.1, 0.15) is 21.5 Å². The molecule has 0 unspecified atom stereocenters. The number of anilines is 1. The number of amides is 1. The molecule has 2 aromatic carbocycles. The van der Waals surface area contributed by atoms with E-state index in [0.29, 0.717) is 5.56 Å². The molecule has 0 aliphatic carbocycles. The third-order valence-electron chi connectivity index (χ3n) is 3.49. The Morgan fingerprint density at radius 1 is 1.12 bits per heavy atom. The molecule has 0 saturated heterocycles. The fourth-order valence-corrected chi connectivity index (χ4v) is 3.27. The lowest BCUT2D eigenvalue weighted by atomic mass is 10.1. The summed E-state index contributed by atoms with van der Waals surface area (Å²) in [5, 5.41) is 11.7. The van der Waals surface area contributed by atoms with Crippen LogP contribution in [0.4, 0.5) is 5.69 Å². The molecule has 1 aromatic heterocycles. The van der Waals surface area contributed by atoms with Crippen LogP contribution in [-0.4, -0.2) is 20.7 Å². The minimum absolute atomic E-state index is 0.118. The minimum atomic E-state index is -0.118. The van der Waals surface area contributed by atoms with E-state index >= 15 is 0 Å². The topological polar surface area (TPSA) is 59.8 Å². The van der Waals surface area contributed by atoms with Crippen molar-refractivity contribution >= 4 is 23.4 Å². The van der Waals surface area contributed by atoms with Gasteiger partial charge in [0.05, 0.1) is 5.69 Å². The number of benzene rings is 2. The van der Waals surface area contributed by atoms with Crippen molar-refractivity contribution in [3.63, 3.8) is 0 Å². The summed E-state index contributed by atoms with van der Waals surface area (Å²) in [6.07, 6.45) is 1.65. The SMILES string of the molecule is Cc1cc(C)cc(C(=O)Nc2ccccc2Sc2nncn2C)c1. The highest BCUT2D eigenvalue weighted by Gasteiger charge is 2.12. The van der Waals surface area contributed by atoms with E-state index in [9.17, 15) is 4.79 Å². The second-order valence-corrected chi connectivity index (χ2v) is 6.66. The fourth-order valence-electron chi connectivity index (χ4n) is 2.42. The van der Waals surface area contributed by atoms with Crippen molar-refractivity contribution in [2.75, 3.05) is 5.32 Å². The first-order chi connectivity index (χ1) is 11.5. The number of aromatic nitrogens is 3. The zero-order valence-corrected chi connectivity index (χ0v) is 14.6. The highest BCUT2D eigenvalue weighted by atomic mass is 32.2. The maximum atomic E-state index is 12.6. The number of carbonyl (C=O) groups is 1. The summed E-state index contributed by atoms with van der Waals surface area (Å²) in [4.78, 5) is 13.5. The standard InChI is InChI=1S/C18H18N4OS/c1-12-8-13(2)10-14(9-12)17(23)20-15-6-4-5-7-16(15)24-18-21-19-11-22(18)3/h4-11H,1-3H3,(H,20,23). The third-order valence-corrected chi connectivity index (χ3v) is 4.62. The van der Waals surface area contributed by atoms with Gasteiger partial charge >= 0.3 is 0 Å². The Hall–Kier alpha value is -2.60. The molecule has 3 rings (SSSR count). The van der Waals surface area contributed by atoms with Gasteiger partial charge in [-0.1, -0.05) is 29.3 Å². The summed E-state index contributed by atoms with van der Waals surface area (Å²) < 4.78 is 1.84. The summed E-state index contributed by atoms with van der Waals surface area (Å²) in [6.45, 7) is 3.98. The van der Waals surface area contributed by atoms with Crippen LogP contribution in [0.2, 0.25) is 0 Å². The van der Waals surface area contributed by atoms with E-state index < -0.39 is 0 Å². The highest BCUT2D eigenvalue weighted by Crippen LogP contribution is 2.32. The first-order valence-corrected chi connectivity index (χ1v) is 8.35. The van der Waals surface area contributed by atoms with Crippen LogP contribution in [-0.2, 0) is 7.05 Å². The van der Waals surface area contributed by atoms with E-state index in [4.69, 9.17) is 0 Å². The Kier molecular flexibility index (Phi) is 4.66. The fraction of sp³-hybridized carbons (Fsp3) is 0.167. The molecule has 1 N–H and O–H groups in total. The van der Waals surface area contributed by atoms with Crippen LogP contribution in [0.15, 0.2) is 58.8 Å². The molecule has 0 atom stereocenters. The summed E-state index contributed by atoms with van der Waals surface area (Å²) in [7, 11) is 1.89. The summed E-state index contributed by atoms with van der Waals surface area (Å²) in [5.41, 5.74) is 3.56. The molecule has 0 fully saturated rings. The quantitative estimate of drug-likeness (QED) is 0.785. The molecule has 1 amide bonds. The van der Waals surface area contributed by atoms with Gasteiger partial charge in [-0.3, -0.25) is 4.79 Å². The van der Waals surface area contributed by atoms with Crippen LogP contribution < -0.4 is 5.32 Å². The smallest absolute Gasteiger partial charge is 0.255 e. The van der Waals surface area contributed by atoms with Crippen LogP contribution >= 0.6 is 11.8 Å². The highest BCUT2D eigenvalue weighted by molar-refractivity contribution is 7.99. The van der Waals surface area contributed by atoms with Crippen LogP contribution in [0.3, 0.4) is 0 Å². The van der Waals surface area contributed by atoms with Crippen molar-refractivity contribution in [2.45, 2.75) is 23.9 Å². The van der Waals surface area contributed by atoms with Crippen molar-refractivity contribution in [3.05, 3.63) is 65.5 Å². The average molecular weight is 338 g/mol. The number of aryl methyl sites for hydroxylation is 3. The summed E-state index contributed by atoms with van der Waals surface area (Å²) in [5.74, 6) is -0.118. The van der Waals surface area contributed by atoms with Gasteiger partial charge in [-0.05, 0) is 49.9 Å². The Balaban J connectivity index is 1.85. The van der Waals surface area contributed by atoms with Crippen LogP contribution in [0.5, 0.6) is 0 Å². The maximum absolute atomic E-state index is 12.6. The number of para-hydroxylation sites is 1. The van der Waals surface area contributed by atoms with Gasteiger partial charge < -0.3 is 9.88 Å². The van der Waals surface area contributed by atoms with Crippen molar-refractivity contribution in [2.24, 2.45) is 7.05 Å². The molecule has 1 heterocycles. The average Bonchev–Trinajstić information content (AvgIpc) is 2.93. The molecule has 0 aliphatic rings. The van der Waals surface area contributed by atoms with Gasteiger partial charge in [0.25, 0.3) is 5.91 Å². The summed E-state index contributed by atoms with van der Waals surface area (Å²) >= 11 is 1.47. The molecule has 0 radical (unpaired) electrons. The van der Waals surface area contributed by atoms with Crippen molar-refractivity contribution in [1.82, 2.24) is 14.8 Å². The second-order valence-electron chi connectivity index (χ2n) is 5.65. The van der Waals surface area contributed by atoms with Crippen LogP contribution in [0.25, 0.3) is 0 Å². The number of hydrogen-bond donors (Lipinski definition) is 1. The lowest BCUT2D eigenvalue weighted by Crippen LogP contribution is -2.13. The van der Waals surface area contributed by atoms with E-state index in [2.05, 4.69) is 21.6 Å². The predicted octanol–water partition coefficient (Wildman–Crippen LogP) is 3.84. The lowest BCUT2D eigenvalue weighted by molar-refractivity contribution is 0.102. The maximum Gasteiger partial charge on any atom is 0.255 e. The molecule has 0 saturated carbocycles. The van der Waals surface area contributed by atoms with E-state index in [-0.39, 0.29) is 5.91 Å². The van der Waals surface area contributed by atoms with Gasteiger partial charge in [-0.25, -0.2) is 0 Å². The lowest BCUT2D eigenvalue weighted by Gasteiger charge is -2.11. The molecule has 3 aromatic rings. The van der Waals surface area contributed by atoms with Gasteiger partial charge in [0, 0.05) is 17.5 Å². The van der Waals surface area contributed by atoms with Crippen LogP contribution in [0, 0.1) is 13.8 Å². The normalized spacial score (nSPS) is 10.6. The Bertz CT molecular complexity index is 868. The minimum Gasteiger partial charge on any atom is -0.321 e. The van der Waals surface area contributed by atoms with Gasteiger partial charge in [0.1, 0.15) is 6.33 Å². The molecule has 5 nitrogen and oxygen atoms in total. The number of nitrogens with zero attached hydrogens (tertiary/aromatic N) is 3. The van der Waals surface area contributed by atoms with E-state index in [0.717, 1.165) is 26.9 Å². The molecular weight excluding hydrogens is 320 g/mol. The number of nitrogens with one attached hydrogen (secondary N) is 1. The zero-order chi connectivity index (χ0) is 17.1. The number of rotatable bonds is 4. The van der Waals surface area contributed by atoms with E-state index in [1.54, 1.807) is 6.33 Å². The Labute approximate surface area is 145 Å². The van der Waals surface area contributed by atoms with Gasteiger partial charge in [-0.2, -0.15) is 0 Å². The van der Waals surface area contributed by atoms with E-state index in [1.165, 1.54) is 11.8 Å². The number of hydrogen-bond acceptors (Lipinski definition) is 4. The van der Waals surface area contributed by atoms with Gasteiger partial charge in [-0.15, -0.1) is 10.2 Å². The molecule has 122 valence electrons. The van der Waals surface area contributed by atoms with Gasteiger partial charge in [0.2, 0.25) is 0 Å². The molecule has 0 bridgehead atoms. The van der Waals surface area contributed by atoms with Crippen molar-refractivity contribution < 1.29 is 4.79 Å². The van der Waals surface area contributed by atoms with Gasteiger partial charge in [0.15, 0.2) is 5.16 Å². The first kappa shape index (κ1) is 16.3. The second kappa shape index (κ2) is 6.88. The first-order valence-electron chi connectivity index (χ1n) is 7.53. The molecular formula is C18H18N4OS. The third kappa shape index (κ3) is 3.65. The molecule has 6 heteroatoms. The molecule has 0 aliphatic heterocycles. The molecule has 0 spiro atoms. The van der Waals surface area contributed by atoms with Crippen molar-refractivity contribution in [1.29, 1.82) is 0 Å². The Morgan fingerprint density at radius 2 is 1.83 bits per heavy atom. The number of carbonyl (C=O) groups excluding carboxylic acids is 1. The largest absolute Gasteiger partial charge is 0.321 e. The Morgan fingerprint density at radius 3 is 2.50 bits per heavy atom. The van der Waals surface area contributed by atoms with E-state index in [1.807, 2.05) is 61.9 Å².